The molecule has 0 fully saturated rings. The van der Waals surface area contributed by atoms with Gasteiger partial charge < -0.3 is 17.5 Å². The zero-order chi connectivity index (χ0) is 38.0. The number of para-hydroxylation sites is 2. The van der Waals surface area contributed by atoms with Crippen LogP contribution in [-0.2, 0) is 40.4 Å². The molecule has 21 heteroatoms. The average Bonchev–Trinajstić information content (AvgIpc) is 3.58. The van der Waals surface area contributed by atoms with Gasteiger partial charge in [-0.2, -0.15) is 0 Å². The minimum absolute atomic E-state index is 0. The molecule has 17 nitrogen and oxygen atoms in total. The van der Waals surface area contributed by atoms with Crippen LogP contribution >= 0.6 is 0 Å². The number of hydrogen-bond donors (Lipinski definition) is 0. The Morgan fingerprint density at radius 2 is 1.09 bits per heavy atom. The van der Waals surface area contributed by atoms with Crippen LogP contribution in [-0.4, -0.2) is 60.0 Å². The average molecular weight is 816 g/mol. The molecule has 0 radical (unpaired) electrons. The topological polar surface area (TPSA) is 233 Å². The Kier molecular flexibility index (Phi) is 13.7. The molecule has 0 bridgehead atoms. The number of nitrogens with zero attached hydrogens (tertiary/aromatic N) is 7. The molecule has 0 spiro atoms. The van der Waals surface area contributed by atoms with Crippen LogP contribution in [0.15, 0.2) is 113 Å². The Bertz CT molecular complexity index is 2900. The van der Waals surface area contributed by atoms with Crippen molar-refractivity contribution in [2.75, 3.05) is 0 Å². The summed E-state index contributed by atoms with van der Waals surface area (Å²) >= 11 is 0. The van der Waals surface area contributed by atoms with Crippen molar-refractivity contribution in [1.29, 1.82) is 0 Å². The standard InChI is InChI=1S/C35H29N7O10S2.2Na/c43-34-28-13-1-3-15-30(28)36-32(23-9-7-11-26(19-23)51-53(45,46)47)41(34)18-6-5-17-40-21-25(38-39-40)22-42-33(37-31-16-4-2-14-29(31)35(42)44)24-10-8-12-27(20-24)52-54(48,49)50;;/h1-4,7-16,19-21H,5-6,17-18,22H2,(H,45,46,47)(H,48,49,50);;/q;2*+1/p-2. The maximum absolute atomic E-state index is 13.7. The van der Waals surface area contributed by atoms with Gasteiger partial charge in [0.2, 0.25) is 0 Å². The molecule has 0 N–H and O–H groups in total. The smallest absolute Gasteiger partial charge is 0.716 e. The summed E-state index contributed by atoms with van der Waals surface area (Å²) in [6, 6.07) is 24.9. The second kappa shape index (κ2) is 17.9. The fourth-order valence-corrected chi connectivity index (χ4v) is 6.65. The Morgan fingerprint density at radius 3 is 1.62 bits per heavy atom. The third kappa shape index (κ3) is 10.2. The molecule has 0 amide bonds. The molecular formula is C35H27N7Na2O10S2. The van der Waals surface area contributed by atoms with Crippen molar-refractivity contribution in [3.8, 4) is 34.3 Å². The molecule has 0 aliphatic rings. The summed E-state index contributed by atoms with van der Waals surface area (Å²) < 4.78 is 80.8. The summed E-state index contributed by atoms with van der Waals surface area (Å²) in [6.07, 6.45) is 2.69. The molecule has 276 valence electrons. The van der Waals surface area contributed by atoms with E-state index in [0.29, 0.717) is 58.0 Å². The number of unbranched alkanes of at least 4 members (excludes halogenated alkanes) is 1. The Labute approximate surface area is 363 Å². The number of fused-ring (bicyclic) bond motifs is 2. The first kappa shape index (κ1) is 42.9. The van der Waals surface area contributed by atoms with Crippen LogP contribution in [0.4, 0.5) is 0 Å². The van der Waals surface area contributed by atoms with Crippen molar-refractivity contribution in [3.05, 3.63) is 130 Å². The zero-order valence-electron chi connectivity index (χ0n) is 29.9. The van der Waals surface area contributed by atoms with Gasteiger partial charge in [0.25, 0.3) is 31.9 Å². The van der Waals surface area contributed by atoms with Crippen LogP contribution in [0.3, 0.4) is 0 Å². The summed E-state index contributed by atoms with van der Waals surface area (Å²) in [7, 11) is -10.1. The van der Waals surface area contributed by atoms with Crippen molar-refractivity contribution in [2.24, 2.45) is 0 Å². The van der Waals surface area contributed by atoms with Gasteiger partial charge in [-0.3, -0.25) is 23.4 Å². The van der Waals surface area contributed by atoms with Crippen LogP contribution in [0.25, 0.3) is 44.6 Å². The molecule has 7 aromatic rings. The first-order valence-electron chi connectivity index (χ1n) is 16.2. The summed E-state index contributed by atoms with van der Waals surface area (Å²) in [4.78, 5) is 36.7. The third-order valence-electron chi connectivity index (χ3n) is 8.23. The fraction of sp³-hybridized carbons (Fsp3) is 0.143. The molecule has 7 rings (SSSR count). The molecule has 4 aromatic carbocycles. The largest absolute Gasteiger partial charge is 1.00 e. The molecule has 0 aliphatic carbocycles. The number of aryl methyl sites for hydroxylation is 1. The van der Waals surface area contributed by atoms with Crippen molar-refractivity contribution in [3.63, 3.8) is 0 Å². The molecule has 0 unspecified atom stereocenters. The minimum Gasteiger partial charge on any atom is -0.716 e. The number of rotatable bonds is 13. The maximum atomic E-state index is 13.7. The summed E-state index contributed by atoms with van der Waals surface area (Å²) in [5, 5.41) is 9.19. The predicted octanol–water partition coefficient (Wildman–Crippen LogP) is -2.75. The van der Waals surface area contributed by atoms with Gasteiger partial charge in [-0.1, -0.05) is 53.7 Å². The zero-order valence-corrected chi connectivity index (χ0v) is 35.5. The second-order valence-corrected chi connectivity index (χ2v) is 13.9. The van der Waals surface area contributed by atoms with Gasteiger partial charge in [0.1, 0.15) is 28.8 Å². The molecular weight excluding hydrogens is 789 g/mol. The van der Waals surface area contributed by atoms with Crippen LogP contribution < -0.4 is 78.6 Å². The summed E-state index contributed by atoms with van der Waals surface area (Å²) in [5.74, 6) is -0.0236. The molecule has 3 aromatic heterocycles. The fourth-order valence-electron chi connectivity index (χ4n) is 5.97. The van der Waals surface area contributed by atoms with E-state index >= 15 is 0 Å². The Hall–Kier alpha value is -4.28. The van der Waals surface area contributed by atoms with Gasteiger partial charge in [-0.15, -0.1) is 5.10 Å². The Balaban J connectivity index is 0.00000300. The van der Waals surface area contributed by atoms with E-state index in [2.05, 4.69) is 28.6 Å². The summed E-state index contributed by atoms with van der Waals surface area (Å²) in [5.41, 5.74) is 1.26. The molecule has 3 heterocycles. The van der Waals surface area contributed by atoms with Crippen LogP contribution in [0.5, 0.6) is 11.5 Å². The molecule has 56 heavy (non-hydrogen) atoms. The summed E-state index contributed by atoms with van der Waals surface area (Å²) in [6.45, 7) is 0.578. The number of aromatic nitrogens is 7. The van der Waals surface area contributed by atoms with Crippen molar-refractivity contribution in [1.82, 2.24) is 34.1 Å². The third-order valence-corrected chi connectivity index (χ3v) is 9.02. The Morgan fingerprint density at radius 1 is 0.607 bits per heavy atom. The van der Waals surface area contributed by atoms with E-state index in [0.717, 1.165) is 0 Å². The molecule has 0 saturated heterocycles. The van der Waals surface area contributed by atoms with Crippen molar-refractivity contribution >= 4 is 42.6 Å². The van der Waals surface area contributed by atoms with Crippen LogP contribution in [0.2, 0.25) is 0 Å². The van der Waals surface area contributed by atoms with E-state index in [9.17, 15) is 35.5 Å². The van der Waals surface area contributed by atoms with E-state index in [-0.39, 0.29) is 106 Å². The molecule has 0 aliphatic heterocycles. The first-order valence-corrected chi connectivity index (χ1v) is 18.9. The monoisotopic (exact) mass is 815 g/mol. The molecule has 0 atom stereocenters. The van der Waals surface area contributed by atoms with Gasteiger partial charge in [0.05, 0.1) is 34.5 Å². The maximum Gasteiger partial charge on any atom is 1.00 e. The predicted molar refractivity (Wildman–Crippen MR) is 192 cm³/mol. The van der Waals surface area contributed by atoms with Gasteiger partial charge in [-0.05, 0) is 61.4 Å². The number of benzene rings is 4. The van der Waals surface area contributed by atoms with E-state index in [1.54, 1.807) is 71.5 Å². The first-order chi connectivity index (χ1) is 25.8. The van der Waals surface area contributed by atoms with Crippen molar-refractivity contribution in [2.45, 2.75) is 32.5 Å². The van der Waals surface area contributed by atoms with Gasteiger partial charge in [-0.25, -0.2) is 26.8 Å². The molecule has 0 saturated carbocycles. The quantitative estimate of drug-likeness (QED) is 0.0497. The SMILES string of the molecule is O=c1c2ccccc2nc(-c2cccc(OS(=O)(=O)[O-])c2)n1CCCCn1cc(Cn2c(-c3cccc(OS(=O)(=O)[O-])c3)nc3ccccc3c2=O)nn1.[Na+].[Na+]. The van der Waals surface area contributed by atoms with Crippen LogP contribution in [0.1, 0.15) is 18.5 Å². The number of hydrogen-bond acceptors (Lipinski definition) is 14. The van der Waals surface area contributed by atoms with E-state index in [1.165, 1.54) is 45.5 Å². The van der Waals surface area contributed by atoms with Gasteiger partial charge in [0.15, 0.2) is 0 Å². The van der Waals surface area contributed by atoms with E-state index in [4.69, 9.17) is 0 Å². The van der Waals surface area contributed by atoms with E-state index in [1.807, 2.05) is 0 Å². The van der Waals surface area contributed by atoms with Gasteiger partial charge in [0, 0.05) is 24.2 Å². The van der Waals surface area contributed by atoms with Gasteiger partial charge >= 0.3 is 59.1 Å². The van der Waals surface area contributed by atoms with E-state index < -0.39 is 20.8 Å². The van der Waals surface area contributed by atoms with Crippen LogP contribution in [0, 0.1) is 0 Å². The second-order valence-electron chi connectivity index (χ2n) is 12.0. The minimum atomic E-state index is -5.05. The normalized spacial score (nSPS) is 11.5. The van der Waals surface area contributed by atoms with Crippen molar-refractivity contribution < 1.29 is 93.4 Å².